The molecule has 0 unspecified atom stereocenters. The van der Waals surface area contributed by atoms with Crippen LogP contribution in [0.25, 0.3) is 0 Å². The predicted octanol–water partition coefficient (Wildman–Crippen LogP) is 3.27. The maximum Gasteiger partial charge on any atom is 0.243 e. The van der Waals surface area contributed by atoms with Crippen LogP contribution in [0.1, 0.15) is 57.9 Å². The van der Waals surface area contributed by atoms with Gasteiger partial charge in [-0.25, -0.2) is 0 Å². The summed E-state index contributed by atoms with van der Waals surface area (Å²) in [5.41, 5.74) is 0.966. The lowest BCUT2D eigenvalue weighted by Crippen LogP contribution is -2.50. The van der Waals surface area contributed by atoms with E-state index in [1.807, 2.05) is 38.1 Å². The fourth-order valence-corrected chi connectivity index (χ4v) is 3.46. The summed E-state index contributed by atoms with van der Waals surface area (Å²) in [5.74, 6) is 0.722. The molecule has 1 atom stereocenters. The van der Waals surface area contributed by atoms with Crippen molar-refractivity contribution in [1.82, 2.24) is 10.2 Å². The van der Waals surface area contributed by atoms with Gasteiger partial charge in [0.25, 0.3) is 0 Å². The van der Waals surface area contributed by atoms with Gasteiger partial charge in [-0.3, -0.25) is 9.59 Å². The molecule has 0 aromatic heterocycles. The first-order valence-corrected chi connectivity index (χ1v) is 9.31. The van der Waals surface area contributed by atoms with E-state index < -0.39 is 6.04 Å². The fourth-order valence-electron chi connectivity index (χ4n) is 3.46. The summed E-state index contributed by atoms with van der Waals surface area (Å²) >= 11 is 0. The predicted molar refractivity (Wildman–Crippen MR) is 98.3 cm³/mol. The topological polar surface area (TPSA) is 58.6 Å². The van der Waals surface area contributed by atoms with Gasteiger partial charge in [0, 0.05) is 19.0 Å². The molecule has 138 valence electrons. The van der Waals surface area contributed by atoms with Gasteiger partial charge in [0.1, 0.15) is 11.8 Å². The Labute approximate surface area is 150 Å². The highest BCUT2D eigenvalue weighted by Crippen LogP contribution is 2.20. The summed E-state index contributed by atoms with van der Waals surface area (Å²) in [6.45, 7) is 4.21. The number of benzene rings is 1. The van der Waals surface area contributed by atoms with Crippen LogP contribution >= 0.6 is 0 Å². The number of nitrogens with one attached hydrogen (secondary N) is 1. The highest BCUT2D eigenvalue weighted by molar-refractivity contribution is 5.87. The van der Waals surface area contributed by atoms with Gasteiger partial charge in [-0.15, -0.1) is 0 Å². The van der Waals surface area contributed by atoms with Crippen LogP contribution in [-0.2, 0) is 16.1 Å². The number of methoxy groups -OCH3 is 1. The van der Waals surface area contributed by atoms with E-state index in [0.29, 0.717) is 19.4 Å². The highest BCUT2D eigenvalue weighted by Gasteiger charge is 2.29. The molecule has 2 amide bonds. The van der Waals surface area contributed by atoms with Crippen LogP contribution in [0.3, 0.4) is 0 Å². The SMILES string of the molecule is CCC(=O)N(Cc1cccc(OC)c1)[C@H](CC)C(=O)NC1CCCC1. The minimum atomic E-state index is -0.431. The van der Waals surface area contributed by atoms with E-state index in [9.17, 15) is 9.59 Å². The van der Waals surface area contributed by atoms with E-state index >= 15 is 0 Å². The summed E-state index contributed by atoms with van der Waals surface area (Å²) in [5, 5.41) is 3.14. The van der Waals surface area contributed by atoms with Crippen molar-refractivity contribution < 1.29 is 14.3 Å². The Morgan fingerprint density at radius 3 is 2.60 bits per heavy atom. The third kappa shape index (κ3) is 5.21. The Bertz CT molecular complexity index is 582. The summed E-state index contributed by atoms with van der Waals surface area (Å²) in [7, 11) is 1.62. The first-order valence-electron chi connectivity index (χ1n) is 9.31. The van der Waals surface area contributed by atoms with Crippen molar-refractivity contribution in [2.45, 2.75) is 71.0 Å². The summed E-state index contributed by atoms with van der Waals surface area (Å²) in [4.78, 5) is 27.0. The molecule has 0 bridgehead atoms. The Morgan fingerprint density at radius 1 is 1.28 bits per heavy atom. The van der Waals surface area contributed by atoms with E-state index in [1.54, 1.807) is 12.0 Å². The first kappa shape index (κ1) is 19.3. The van der Waals surface area contributed by atoms with Crippen molar-refractivity contribution in [2.24, 2.45) is 0 Å². The zero-order valence-electron chi connectivity index (χ0n) is 15.6. The third-order valence-corrected chi connectivity index (χ3v) is 4.88. The minimum Gasteiger partial charge on any atom is -0.497 e. The second kappa shape index (κ2) is 9.44. The Balaban J connectivity index is 2.14. The van der Waals surface area contributed by atoms with E-state index in [0.717, 1.165) is 24.2 Å². The molecular weight excluding hydrogens is 316 g/mol. The molecule has 5 heteroatoms. The zero-order valence-corrected chi connectivity index (χ0v) is 15.6. The number of carbonyl (C=O) groups is 2. The number of amides is 2. The van der Waals surface area contributed by atoms with E-state index in [4.69, 9.17) is 4.74 Å². The number of rotatable bonds is 8. The molecule has 25 heavy (non-hydrogen) atoms. The van der Waals surface area contributed by atoms with Crippen LogP contribution in [0.15, 0.2) is 24.3 Å². The van der Waals surface area contributed by atoms with Crippen LogP contribution in [0, 0.1) is 0 Å². The summed E-state index contributed by atoms with van der Waals surface area (Å²) < 4.78 is 5.26. The summed E-state index contributed by atoms with van der Waals surface area (Å²) in [6, 6.07) is 7.48. The van der Waals surface area contributed by atoms with Crippen molar-refractivity contribution in [3.05, 3.63) is 29.8 Å². The van der Waals surface area contributed by atoms with E-state index in [-0.39, 0.29) is 17.9 Å². The van der Waals surface area contributed by atoms with Gasteiger partial charge < -0.3 is 15.0 Å². The molecule has 5 nitrogen and oxygen atoms in total. The molecule has 0 spiro atoms. The number of hydrogen-bond acceptors (Lipinski definition) is 3. The van der Waals surface area contributed by atoms with Gasteiger partial charge in [-0.1, -0.05) is 38.8 Å². The van der Waals surface area contributed by atoms with E-state index in [2.05, 4.69) is 5.32 Å². The maximum atomic E-state index is 12.8. The molecule has 1 aromatic rings. The number of carbonyl (C=O) groups excluding carboxylic acids is 2. The van der Waals surface area contributed by atoms with Crippen LogP contribution in [0.5, 0.6) is 5.75 Å². The Kier molecular flexibility index (Phi) is 7.29. The Hall–Kier alpha value is -2.04. The molecule has 1 aromatic carbocycles. The van der Waals surface area contributed by atoms with Crippen molar-refractivity contribution in [2.75, 3.05) is 7.11 Å². The molecule has 0 radical (unpaired) electrons. The van der Waals surface area contributed by atoms with Crippen molar-refractivity contribution in [3.63, 3.8) is 0 Å². The van der Waals surface area contributed by atoms with Gasteiger partial charge in [-0.2, -0.15) is 0 Å². The van der Waals surface area contributed by atoms with Gasteiger partial charge in [0.2, 0.25) is 11.8 Å². The van der Waals surface area contributed by atoms with Crippen LogP contribution in [-0.4, -0.2) is 35.9 Å². The molecule has 1 fully saturated rings. The monoisotopic (exact) mass is 346 g/mol. The second-order valence-electron chi connectivity index (χ2n) is 6.64. The van der Waals surface area contributed by atoms with Crippen LogP contribution in [0.2, 0.25) is 0 Å². The fraction of sp³-hybridized carbons (Fsp3) is 0.600. The largest absolute Gasteiger partial charge is 0.497 e. The third-order valence-electron chi connectivity index (χ3n) is 4.88. The van der Waals surface area contributed by atoms with Gasteiger partial charge >= 0.3 is 0 Å². The lowest BCUT2D eigenvalue weighted by molar-refractivity contribution is -0.141. The zero-order chi connectivity index (χ0) is 18.2. The molecule has 0 heterocycles. The quantitative estimate of drug-likeness (QED) is 0.786. The number of nitrogens with zero attached hydrogens (tertiary/aromatic N) is 1. The van der Waals surface area contributed by atoms with Gasteiger partial charge in [-0.05, 0) is 37.0 Å². The minimum absolute atomic E-state index is 0.00348. The van der Waals surface area contributed by atoms with Gasteiger partial charge in [0.15, 0.2) is 0 Å². The molecule has 1 N–H and O–H groups in total. The van der Waals surface area contributed by atoms with Crippen molar-refractivity contribution in [1.29, 1.82) is 0 Å². The van der Waals surface area contributed by atoms with Crippen molar-refractivity contribution >= 4 is 11.8 Å². The van der Waals surface area contributed by atoms with Crippen LogP contribution in [0.4, 0.5) is 0 Å². The van der Waals surface area contributed by atoms with E-state index in [1.165, 1.54) is 12.8 Å². The van der Waals surface area contributed by atoms with Gasteiger partial charge in [0.05, 0.1) is 7.11 Å². The molecule has 1 aliphatic rings. The molecule has 2 rings (SSSR count). The Morgan fingerprint density at radius 2 is 2.00 bits per heavy atom. The standard InChI is InChI=1S/C20H30N2O3/c1-4-18(20(24)21-16-10-6-7-11-16)22(19(23)5-2)14-15-9-8-12-17(13-15)25-3/h8-9,12-13,16,18H,4-7,10-11,14H2,1-3H3,(H,21,24)/t18-/m1/s1. The molecule has 1 aliphatic carbocycles. The molecule has 0 aliphatic heterocycles. The average Bonchev–Trinajstić information content (AvgIpc) is 3.14. The first-order chi connectivity index (χ1) is 12.1. The smallest absolute Gasteiger partial charge is 0.243 e. The maximum absolute atomic E-state index is 12.8. The normalized spacial score (nSPS) is 15.6. The molecular formula is C20H30N2O3. The average molecular weight is 346 g/mol. The molecule has 0 saturated heterocycles. The molecule has 1 saturated carbocycles. The lowest BCUT2D eigenvalue weighted by atomic mass is 10.1. The summed E-state index contributed by atoms with van der Waals surface area (Å²) in [6.07, 6.45) is 5.41. The highest BCUT2D eigenvalue weighted by atomic mass is 16.5. The van der Waals surface area contributed by atoms with Crippen LogP contribution < -0.4 is 10.1 Å². The second-order valence-corrected chi connectivity index (χ2v) is 6.64. The number of ether oxygens (including phenoxy) is 1. The number of hydrogen-bond donors (Lipinski definition) is 1. The van der Waals surface area contributed by atoms with Crippen molar-refractivity contribution in [3.8, 4) is 5.75 Å². The lowest BCUT2D eigenvalue weighted by Gasteiger charge is -2.31.